The molecule has 1 heterocycles. The Labute approximate surface area is 156 Å². The first-order chi connectivity index (χ1) is 12.0. The molecule has 0 saturated heterocycles. The maximum Gasteiger partial charge on any atom is 0.269 e. The number of anilines is 2. The number of amides is 2. The van der Waals surface area contributed by atoms with Crippen molar-refractivity contribution in [2.45, 2.75) is 6.92 Å². The minimum Gasteiger partial charge on any atom is -0.326 e. The molecule has 2 N–H and O–H groups in total. The van der Waals surface area contributed by atoms with Crippen LogP contribution < -0.4 is 10.6 Å². The topological polar surface area (TPSA) is 84.0 Å². The summed E-state index contributed by atoms with van der Waals surface area (Å²) in [6.07, 6.45) is 0. The number of hydrogen-bond acceptors (Lipinski definition) is 5. The van der Waals surface area contributed by atoms with Gasteiger partial charge in [-0.3, -0.25) is 9.59 Å². The fraction of sp³-hybridized carbons (Fsp3) is 0.0588. The van der Waals surface area contributed by atoms with E-state index in [9.17, 15) is 9.59 Å². The summed E-state index contributed by atoms with van der Waals surface area (Å²) in [7, 11) is 0. The Hall–Kier alpha value is -2.58. The Morgan fingerprint density at radius 1 is 0.960 bits per heavy atom. The van der Waals surface area contributed by atoms with Crippen LogP contribution in [0.4, 0.5) is 11.4 Å². The molecule has 3 aromatic rings. The minimum absolute atomic E-state index is 0.147. The van der Waals surface area contributed by atoms with Gasteiger partial charge in [-0.15, -0.1) is 5.10 Å². The van der Waals surface area contributed by atoms with Crippen molar-refractivity contribution in [1.82, 2.24) is 9.59 Å². The van der Waals surface area contributed by atoms with Crippen LogP contribution in [0, 0.1) is 0 Å². The summed E-state index contributed by atoms with van der Waals surface area (Å²) in [5.74, 6) is -0.424. The first-order valence-corrected chi connectivity index (χ1v) is 8.87. The van der Waals surface area contributed by atoms with Gasteiger partial charge < -0.3 is 10.6 Å². The monoisotopic (exact) mass is 416 g/mol. The number of nitrogens with one attached hydrogen (secondary N) is 2. The van der Waals surface area contributed by atoms with Gasteiger partial charge in [-0.25, -0.2) is 0 Å². The fourth-order valence-corrected chi connectivity index (χ4v) is 3.01. The third-order valence-electron chi connectivity index (χ3n) is 3.28. The molecule has 0 spiro atoms. The van der Waals surface area contributed by atoms with E-state index < -0.39 is 0 Å². The van der Waals surface area contributed by atoms with E-state index in [4.69, 9.17) is 0 Å². The number of carbonyl (C=O) groups is 2. The lowest BCUT2D eigenvalue weighted by Crippen LogP contribution is -2.11. The highest BCUT2D eigenvalue weighted by atomic mass is 79.9. The van der Waals surface area contributed by atoms with Crippen molar-refractivity contribution in [2.24, 2.45) is 0 Å². The van der Waals surface area contributed by atoms with Crippen molar-refractivity contribution in [3.05, 3.63) is 57.9 Å². The summed E-state index contributed by atoms with van der Waals surface area (Å²) in [6, 6.07) is 14.4. The van der Waals surface area contributed by atoms with Crippen LogP contribution in [0.25, 0.3) is 11.3 Å². The van der Waals surface area contributed by atoms with Gasteiger partial charge in [-0.05, 0) is 47.9 Å². The van der Waals surface area contributed by atoms with Crippen molar-refractivity contribution in [3.63, 3.8) is 0 Å². The molecule has 0 aliphatic rings. The fourth-order valence-electron chi connectivity index (χ4n) is 2.16. The average molecular weight is 417 g/mol. The number of hydrogen-bond donors (Lipinski definition) is 2. The molecule has 6 nitrogen and oxygen atoms in total. The molecule has 25 heavy (non-hydrogen) atoms. The second-order valence-corrected chi connectivity index (χ2v) is 6.84. The van der Waals surface area contributed by atoms with E-state index in [1.807, 2.05) is 24.3 Å². The Kier molecular flexibility index (Phi) is 5.20. The van der Waals surface area contributed by atoms with Gasteiger partial charge in [0.05, 0.1) is 0 Å². The largest absolute Gasteiger partial charge is 0.326 e. The molecule has 0 atom stereocenters. The lowest BCUT2D eigenvalue weighted by atomic mass is 10.1. The van der Waals surface area contributed by atoms with E-state index in [1.165, 1.54) is 6.92 Å². The number of carbonyl (C=O) groups excluding carboxylic acids is 2. The Morgan fingerprint density at radius 3 is 2.16 bits per heavy atom. The molecule has 2 aromatic carbocycles. The Morgan fingerprint density at radius 2 is 1.56 bits per heavy atom. The molecule has 126 valence electrons. The number of benzene rings is 2. The van der Waals surface area contributed by atoms with E-state index in [-0.39, 0.29) is 11.8 Å². The molecule has 1 aromatic heterocycles. The molecule has 0 bridgehead atoms. The number of nitrogens with zero attached hydrogens (tertiary/aromatic N) is 2. The normalized spacial score (nSPS) is 10.3. The van der Waals surface area contributed by atoms with Gasteiger partial charge in [0.1, 0.15) is 10.6 Å². The van der Waals surface area contributed by atoms with Crippen LogP contribution in [0.1, 0.15) is 16.6 Å². The quantitative estimate of drug-likeness (QED) is 0.667. The highest BCUT2D eigenvalue weighted by Crippen LogP contribution is 2.26. The van der Waals surface area contributed by atoms with E-state index in [0.717, 1.165) is 21.6 Å². The number of aromatic nitrogens is 2. The highest BCUT2D eigenvalue weighted by molar-refractivity contribution is 9.10. The third-order valence-corrected chi connectivity index (χ3v) is 4.53. The zero-order valence-electron chi connectivity index (χ0n) is 13.1. The summed E-state index contributed by atoms with van der Waals surface area (Å²) in [4.78, 5) is 24.0. The smallest absolute Gasteiger partial charge is 0.269 e. The van der Waals surface area contributed by atoms with Gasteiger partial charge in [-0.1, -0.05) is 32.6 Å². The van der Waals surface area contributed by atoms with Crippen LogP contribution in [-0.2, 0) is 4.79 Å². The summed E-state index contributed by atoms with van der Waals surface area (Å²) in [6.45, 7) is 1.44. The lowest BCUT2D eigenvalue weighted by Gasteiger charge is -2.07. The minimum atomic E-state index is -0.278. The maximum atomic E-state index is 12.5. The van der Waals surface area contributed by atoms with Crippen LogP contribution in [0.15, 0.2) is 53.0 Å². The van der Waals surface area contributed by atoms with Gasteiger partial charge in [0.25, 0.3) is 5.91 Å². The molecule has 0 aliphatic carbocycles. The molecular weight excluding hydrogens is 404 g/mol. The van der Waals surface area contributed by atoms with Crippen molar-refractivity contribution in [3.8, 4) is 11.3 Å². The first kappa shape index (κ1) is 17.2. The SMILES string of the molecule is CC(=O)Nc1ccc(NC(=O)c2snnc2-c2ccc(Br)cc2)cc1. The van der Waals surface area contributed by atoms with Crippen molar-refractivity contribution < 1.29 is 9.59 Å². The van der Waals surface area contributed by atoms with Gasteiger partial charge in [-0.2, -0.15) is 0 Å². The van der Waals surface area contributed by atoms with E-state index in [1.54, 1.807) is 24.3 Å². The molecule has 0 saturated carbocycles. The molecule has 8 heteroatoms. The predicted molar refractivity (Wildman–Crippen MR) is 102 cm³/mol. The molecule has 0 unspecified atom stereocenters. The molecule has 3 rings (SSSR count). The molecule has 0 fully saturated rings. The molecule has 0 aliphatic heterocycles. The maximum absolute atomic E-state index is 12.5. The summed E-state index contributed by atoms with van der Waals surface area (Å²) in [5.41, 5.74) is 2.66. The van der Waals surface area contributed by atoms with Crippen LogP contribution in [0.2, 0.25) is 0 Å². The average Bonchev–Trinajstić information content (AvgIpc) is 3.06. The second-order valence-electron chi connectivity index (χ2n) is 5.17. The number of rotatable bonds is 4. The predicted octanol–water partition coefficient (Wildman–Crippen LogP) is 4.18. The summed E-state index contributed by atoms with van der Waals surface area (Å²) in [5, 5.41) is 9.56. The van der Waals surface area contributed by atoms with Crippen LogP contribution in [0.3, 0.4) is 0 Å². The van der Waals surface area contributed by atoms with Crippen molar-refractivity contribution in [2.75, 3.05) is 10.6 Å². The zero-order chi connectivity index (χ0) is 17.8. The van der Waals surface area contributed by atoms with E-state index in [0.29, 0.717) is 21.9 Å². The summed E-state index contributed by atoms with van der Waals surface area (Å²) < 4.78 is 4.85. The third kappa shape index (κ3) is 4.28. The van der Waals surface area contributed by atoms with Crippen molar-refractivity contribution in [1.29, 1.82) is 0 Å². The van der Waals surface area contributed by atoms with Crippen LogP contribution >= 0.6 is 27.5 Å². The second kappa shape index (κ2) is 7.54. The number of halogens is 1. The van der Waals surface area contributed by atoms with E-state index >= 15 is 0 Å². The Balaban J connectivity index is 1.77. The Bertz CT molecular complexity index is 907. The van der Waals surface area contributed by atoms with Gasteiger partial charge in [0.2, 0.25) is 5.91 Å². The van der Waals surface area contributed by atoms with Crippen molar-refractivity contribution >= 4 is 50.7 Å². The molecular formula is C17H13BrN4O2S. The first-order valence-electron chi connectivity index (χ1n) is 7.30. The van der Waals surface area contributed by atoms with E-state index in [2.05, 4.69) is 36.2 Å². The van der Waals surface area contributed by atoms with Gasteiger partial charge in [0, 0.05) is 28.3 Å². The van der Waals surface area contributed by atoms with Gasteiger partial charge >= 0.3 is 0 Å². The zero-order valence-corrected chi connectivity index (χ0v) is 15.5. The molecule has 2 amide bonds. The molecule has 0 radical (unpaired) electrons. The standard InChI is InChI=1S/C17H13BrN4O2S/c1-10(23)19-13-6-8-14(9-7-13)20-17(24)16-15(21-22-25-16)11-2-4-12(18)5-3-11/h2-9H,1H3,(H,19,23)(H,20,24). The summed E-state index contributed by atoms with van der Waals surface area (Å²) >= 11 is 4.43. The van der Waals surface area contributed by atoms with Gasteiger partial charge in [0.15, 0.2) is 0 Å². The van der Waals surface area contributed by atoms with Crippen LogP contribution in [-0.4, -0.2) is 21.4 Å². The van der Waals surface area contributed by atoms with Crippen LogP contribution in [0.5, 0.6) is 0 Å². The lowest BCUT2D eigenvalue weighted by molar-refractivity contribution is -0.114. The highest BCUT2D eigenvalue weighted by Gasteiger charge is 2.18.